The molecule has 0 unspecified atom stereocenters. The van der Waals surface area contributed by atoms with E-state index in [1.165, 1.54) is 18.2 Å². The van der Waals surface area contributed by atoms with Crippen molar-refractivity contribution in [2.24, 2.45) is 23.7 Å². The van der Waals surface area contributed by atoms with Gasteiger partial charge in [-0.05, 0) is 30.4 Å². The summed E-state index contributed by atoms with van der Waals surface area (Å²) in [4.78, 5) is 23.9. The number of hydrogen-bond acceptors (Lipinski definition) is 3. The lowest BCUT2D eigenvalue weighted by Gasteiger charge is -2.24. The van der Waals surface area contributed by atoms with Gasteiger partial charge in [0.15, 0.2) is 0 Å². The molecule has 2 bridgehead atoms. The molecule has 1 fully saturated rings. The molecule has 1 saturated carbocycles. The molecule has 122 valence electrons. The predicted octanol–water partition coefficient (Wildman–Crippen LogP) is 2.75. The first kappa shape index (κ1) is 15.5. The Balaban J connectivity index is 1.80. The van der Waals surface area contributed by atoms with Gasteiger partial charge in [0.1, 0.15) is 5.75 Å². The number of hydrogen-bond donors (Lipinski definition) is 2. The van der Waals surface area contributed by atoms with Gasteiger partial charge in [0, 0.05) is 0 Å². The number of carbonyl (C=O) groups is 2. The quantitative estimate of drug-likeness (QED) is 0.817. The zero-order valence-corrected chi connectivity index (χ0v) is 12.0. The summed E-state index contributed by atoms with van der Waals surface area (Å²) < 4.78 is 29.2. The topological polar surface area (TPSA) is 75.6 Å². The van der Waals surface area contributed by atoms with Crippen LogP contribution >= 0.6 is 0 Å². The number of anilines is 1. The summed E-state index contributed by atoms with van der Waals surface area (Å²) >= 11 is 0. The molecule has 2 aliphatic rings. The van der Waals surface area contributed by atoms with E-state index in [4.69, 9.17) is 0 Å². The average molecular weight is 323 g/mol. The number of halogens is 2. The van der Waals surface area contributed by atoms with E-state index in [-0.39, 0.29) is 23.3 Å². The summed E-state index contributed by atoms with van der Waals surface area (Å²) in [6.07, 6.45) is 4.32. The molecule has 0 saturated heterocycles. The van der Waals surface area contributed by atoms with Gasteiger partial charge >= 0.3 is 12.6 Å². The van der Waals surface area contributed by atoms with Crippen LogP contribution in [0.2, 0.25) is 0 Å². The Kier molecular flexibility index (Phi) is 4.02. The number of benzene rings is 1. The number of ether oxygens (including phenoxy) is 1. The van der Waals surface area contributed by atoms with Crippen molar-refractivity contribution in [3.05, 3.63) is 36.4 Å². The van der Waals surface area contributed by atoms with Crippen LogP contribution in [0.3, 0.4) is 0 Å². The number of allylic oxidation sites excluding steroid dienone is 2. The van der Waals surface area contributed by atoms with E-state index in [0.717, 1.165) is 0 Å². The molecule has 0 aliphatic heterocycles. The number of carboxylic acids is 1. The summed E-state index contributed by atoms with van der Waals surface area (Å²) in [5, 5.41) is 11.9. The fourth-order valence-electron chi connectivity index (χ4n) is 3.50. The number of fused-ring (bicyclic) bond motifs is 2. The monoisotopic (exact) mass is 323 g/mol. The third-order valence-corrected chi connectivity index (χ3v) is 4.41. The number of para-hydroxylation sites is 2. The van der Waals surface area contributed by atoms with Crippen LogP contribution in [0.15, 0.2) is 36.4 Å². The normalized spacial score (nSPS) is 28.1. The van der Waals surface area contributed by atoms with Crippen molar-refractivity contribution < 1.29 is 28.2 Å². The van der Waals surface area contributed by atoms with Crippen molar-refractivity contribution >= 4 is 17.6 Å². The maximum absolute atomic E-state index is 12.5. The van der Waals surface area contributed by atoms with Crippen molar-refractivity contribution in [3.63, 3.8) is 0 Å². The molecule has 0 radical (unpaired) electrons. The van der Waals surface area contributed by atoms with Crippen LogP contribution in [0.25, 0.3) is 0 Å². The summed E-state index contributed by atoms with van der Waals surface area (Å²) in [5.41, 5.74) is 0.105. The van der Waals surface area contributed by atoms with Crippen molar-refractivity contribution in [1.82, 2.24) is 0 Å². The zero-order chi connectivity index (χ0) is 16.6. The first-order valence-electron chi connectivity index (χ1n) is 7.23. The Morgan fingerprint density at radius 3 is 2.48 bits per heavy atom. The second-order valence-corrected chi connectivity index (χ2v) is 5.70. The predicted molar refractivity (Wildman–Crippen MR) is 77.1 cm³/mol. The summed E-state index contributed by atoms with van der Waals surface area (Å²) in [7, 11) is 0. The lowest BCUT2D eigenvalue weighted by molar-refractivity contribution is -0.146. The Bertz CT molecular complexity index is 661. The third-order valence-electron chi connectivity index (χ3n) is 4.41. The number of rotatable bonds is 5. The molecule has 4 atom stereocenters. The molecule has 0 aromatic heterocycles. The fourth-order valence-corrected chi connectivity index (χ4v) is 3.50. The number of amides is 1. The highest BCUT2D eigenvalue weighted by atomic mass is 19.3. The smallest absolute Gasteiger partial charge is 0.387 e. The molecule has 1 aromatic carbocycles. The average Bonchev–Trinajstić information content (AvgIpc) is 3.09. The minimum Gasteiger partial charge on any atom is -0.481 e. The maximum Gasteiger partial charge on any atom is 0.387 e. The van der Waals surface area contributed by atoms with Crippen LogP contribution < -0.4 is 10.1 Å². The van der Waals surface area contributed by atoms with E-state index < -0.39 is 30.3 Å². The number of alkyl halides is 2. The van der Waals surface area contributed by atoms with Crippen LogP contribution in [-0.4, -0.2) is 23.6 Å². The Labute approximate surface area is 130 Å². The van der Waals surface area contributed by atoms with Gasteiger partial charge in [-0.1, -0.05) is 24.3 Å². The SMILES string of the molecule is O=C(O)[C@@H]1[C@@H](C(=O)Nc2ccccc2OC(F)F)[C@H]2C=C[C@H]1C2. The highest BCUT2D eigenvalue weighted by Gasteiger charge is 2.51. The van der Waals surface area contributed by atoms with Crippen LogP contribution in [0.5, 0.6) is 5.75 Å². The van der Waals surface area contributed by atoms with E-state index in [0.29, 0.717) is 6.42 Å². The van der Waals surface area contributed by atoms with E-state index in [1.54, 1.807) is 6.07 Å². The van der Waals surface area contributed by atoms with Gasteiger partial charge in [-0.15, -0.1) is 0 Å². The standard InChI is InChI=1S/C16H15F2NO4/c17-16(18)23-11-4-2-1-3-10(11)19-14(20)12-8-5-6-9(7-8)13(12)15(21)22/h1-6,8-9,12-13,16H,7H2,(H,19,20)(H,21,22)/t8-,9-,12-,13-/m0/s1. The lowest BCUT2D eigenvalue weighted by atomic mass is 9.82. The molecule has 0 heterocycles. The van der Waals surface area contributed by atoms with Gasteiger partial charge in [-0.2, -0.15) is 8.78 Å². The molecule has 7 heteroatoms. The second-order valence-electron chi connectivity index (χ2n) is 5.70. The Morgan fingerprint density at radius 1 is 1.17 bits per heavy atom. The van der Waals surface area contributed by atoms with Gasteiger partial charge in [0.05, 0.1) is 17.5 Å². The second kappa shape index (κ2) is 5.98. The van der Waals surface area contributed by atoms with E-state index in [1.807, 2.05) is 12.2 Å². The maximum atomic E-state index is 12.5. The fraction of sp³-hybridized carbons (Fsp3) is 0.375. The number of carbonyl (C=O) groups excluding carboxylic acids is 1. The Hall–Kier alpha value is -2.44. The molecule has 1 aromatic rings. The van der Waals surface area contributed by atoms with Gasteiger partial charge in [0.2, 0.25) is 5.91 Å². The first-order valence-corrected chi connectivity index (χ1v) is 7.23. The van der Waals surface area contributed by atoms with Crippen LogP contribution in [0.4, 0.5) is 14.5 Å². The Morgan fingerprint density at radius 2 is 1.83 bits per heavy atom. The molecular weight excluding hydrogens is 308 g/mol. The summed E-state index contributed by atoms with van der Waals surface area (Å²) in [5.74, 6) is -3.43. The molecular formula is C16H15F2NO4. The zero-order valence-electron chi connectivity index (χ0n) is 12.0. The number of aliphatic carboxylic acids is 1. The first-order chi connectivity index (χ1) is 11.0. The van der Waals surface area contributed by atoms with E-state index in [2.05, 4.69) is 10.1 Å². The molecule has 2 aliphatic carbocycles. The van der Waals surface area contributed by atoms with Gasteiger partial charge in [-0.25, -0.2) is 0 Å². The molecule has 0 spiro atoms. The summed E-state index contributed by atoms with van der Waals surface area (Å²) in [6.45, 7) is -3.01. The van der Waals surface area contributed by atoms with Crippen LogP contribution in [-0.2, 0) is 9.59 Å². The molecule has 1 amide bonds. The van der Waals surface area contributed by atoms with E-state index in [9.17, 15) is 23.5 Å². The van der Waals surface area contributed by atoms with Gasteiger partial charge in [-0.3, -0.25) is 9.59 Å². The van der Waals surface area contributed by atoms with Crippen molar-refractivity contribution in [3.8, 4) is 5.75 Å². The largest absolute Gasteiger partial charge is 0.481 e. The number of nitrogens with one attached hydrogen (secondary N) is 1. The van der Waals surface area contributed by atoms with Crippen molar-refractivity contribution in [2.45, 2.75) is 13.0 Å². The van der Waals surface area contributed by atoms with Crippen molar-refractivity contribution in [2.75, 3.05) is 5.32 Å². The molecule has 5 nitrogen and oxygen atoms in total. The molecule has 2 N–H and O–H groups in total. The van der Waals surface area contributed by atoms with E-state index >= 15 is 0 Å². The van der Waals surface area contributed by atoms with Gasteiger partial charge < -0.3 is 15.2 Å². The van der Waals surface area contributed by atoms with Crippen LogP contribution in [0.1, 0.15) is 6.42 Å². The number of carboxylic acid groups (broad SMARTS) is 1. The van der Waals surface area contributed by atoms with Crippen molar-refractivity contribution in [1.29, 1.82) is 0 Å². The summed E-state index contributed by atoms with van der Waals surface area (Å²) in [6, 6.07) is 5.84. The molecule has 23 heavy (non-hydrogen) atoms. The highest BCUT2D eigenvalue weighted by Crippen LogP contribution is 2.48. The van der Waals surface area contributed by atoms with Crippen LogP contribution in [0, 0.1) is 23.7 Å². The van der Waals surface area contributed by atoms with Gasteiger partial charge in [0.25, 0.3) is 0 Å². The minimum atomic E-state index is -3.01. The third kappa shape index (κ3) is 2.91. The lowest BCUT2D eigenvalue weighted by Crippen LogP contribution is -2.36. The molecule has 3 rings (SSSR count). The minimum absolute atomic E-state index is 0.105. The highest BCUT2D eigenvalue weighted by molar-refractivity contribution is 5.97.